The molecule has 0 heterocycles. The minimum absolute atomic E-state index is 0.0923. The summed E-state index contributed by atoms with van der Waals surface area (Å²) in [4.78, 5) is 13.4. The summed E-state index contributed by atoms with van der Waals surface area (Å²) < 4.78 is 0. The molecule has 176 valence electrons. The van der Waals surface area contributed by atoms with Crippen molar-refractivity contribution in [3.63, 3.8) is 0 Å². The number of carbonyl (C=O) groups is 1. The van der Waals surface area contributed by atoms with E-state index in [9.17, 15) is 15.0 Å². The zero-order valence-electron chi connectivity index (χ0n) is 20.7. The SMILES string of the molecule is CC(C)[C@@H](C)C[C@@H](O)[C@@H](C)[C@H]1CC[C@H]2[C@@H]3C(=O)C=C4C[C@@H](O)CC[C@]4(C)[C@H]3CC[C@]12C. The highest BCUT2D eigenvalue weighted by Gasteiger charge is 2.61. The van der Waals surface area contributed by atoms with E-state index in [1.54, 1.807) is 0 Å². The Balaban J connectivity index is 1.56. The Morgan fingerprint density at radius 1 is 1.03 bits per heavy atom. The van der Waals surface area contributed by atoms with Crippen LogP contribution >= 0.6 is 0 Å². The molecular weight excluding hydrogens is 384 g/mol. The Bertz CT molecular complexity index is 726. The fraction of sp³-hybridized carbons (Fsp3) is 0.893. The molecule has 0 aromatic carbocycles. The summed E-state index contributed by atoms with van der Waals surface area (Å²) in [6, 6.07) is 0. The van der Waals surface area contributed by atoms with E-state index in [4.69, 9.17) is 0 Å². The summed E-state index contributed by atoms with van der Waals surface area (Å²) in [5, 5.41) is 21.3. The van der Waals surface area contributed by atoms with Crippen molar-refractivity contribution < 1.29 is 15.0 Å². The fourth-order valence-electron chi connectivity index (χ4n) is 8.42. The number of rotatable bonds is 5. The first-order valence-corrected chi connectivity index (χ1v) is 13.1. The molecule has 3 heteroatoms. The summed E-state index contributed by atoms with van der Waals surface area (Å²) in [6.07, 6.45) is 9.46. The molecule has 0 radical (unpaired) electrons. The molecule has 3 nitrogen and oxygen atoms in total. The average molecular weight is 431 g/mol. The third-order valence-corrected chi connectivity index (χ3v) is 11.0. The van der Waals surface area contributed by atoms with Crippen molar-refractivity contribution >= 4 is 5.78 Å². The second kappa shape index (κ2) is 8.28. The van der Waals surface area contributed by atoms with Gasteiger partial charge in [-0.2, -0.15) is 0 Å². The number of carbonyl (C=O) groups excluding carboxylic acids is 1. The van der Waals surface area contributed by atoms with E-state index in [1.807, 2.05) is 6.08 Å². The van der Waals surface area contributed by atoms with Gasteiger partial charge in [0.25, 0.3) is 0 Å². The highest BCUT2D eigenvalue weighted by molar-refractivity contribution is 5.94. The first-order chi connectivity index (χ1) is 14.5. The topological polar surface area (TPSA) is 57.5 Å². The molecule has 0 unspecified atom stereocenters. The molecule has 3 saturated carbocycles. The first-order valence-electron chi connectivity index (χ1n) is 13.1. The van der Waals surface area contributed by atoms with E-state index < -0.39 is 0 Å². The smallest absolute Gasteiger partial charge is 0.159 e. The van der Waals surface area contributed by atoms with Crippen LogP contribution in [0.2, 0.25) is 0 Å². The van der Waals surface area contributed by atoms with Crippen molar-refractivity contribution in [3.8, 4) is 0 Å². The van der Waals surface area contributed by atoms with Crippen LogP contribution in [0.1, 0.15) is 92.9 Å². The number of hydrogen-bond acceptors (Lipinski definition) is 3. The highest BCUT2D eigenvalue weighted by atomic mass is 16.3. The van der Waals surface area contributed by atoms with Gasteiger partial charge in [-0.15, -0.1) is 0 Å². The number of ketones is 1. The average Bonchev–Trinajstić information content (AvgIpc) is 3.05. The molecule has 0 amide bonds. The normalized spacial score (nSPS) is 45.4. The summed E-state index contributed by atoms with van der Waals surface area (Å²) in [5.41, 5.74) is 1.48. The molecular formula is C28H46O3. The van der Waals surface area contributed by atoms with Gasteiger partial charge in [0.05, 0.1) is 12.2 Å². The summed E-state index contributed by atoms with van der Waals surface area (Å²) in [7, 11) is 0. The monoisotopic (exact) mass is 430 g/mol. The van der Waals surface area contributed by atoms with Crippen molar-refractivity contribution in [2.24, 2.45) is 52.3 Å². The van der Waals surface area contributed by atoms with Crippen LogP contribution in [0.4, 0.5) is 0 Å². The summed E-state index contributed by atoms with van der Waals surface area (Å²) in [6.45, 7) is 13.9. The first kappa shape index (κ1) is 23.5. The lowest BCUT2D eigenvalue weighted by Crippen LogP contribution is -2.54. The lowest BCUT2D eigenvalue weighted by molar-refractivity contribution is -0.135. The Kier molecular flexibility index (Phi) is 6.27. The maximum Gasteiger partial charge on any atom is 0.159 e. The van der Waals surface area contributed by atoms with Crippen molar-refractivity contribution in [3.05, 3.63) is 11.6 Å². The Morgan fingerprint density at radius 3 is 2.42 bits per heavy atom. The Labute approximate surface area is 190 Å². The van der Waals surface area contributed by atoms with Crippen LogP contribution in [0.25, 0.3) is 0 Å². The number of fused-ring (bicyclic) bond motifs is 5. The molecule has 0 aliphatic heterocycles. The summed E-state index contributed by atoms with van der Waals surface area (Å²) >= 11 is 0. The van der Waals surface area contributed by atoms with E-state index >= 15 is 0 Å². The summed E-state index contributed by atoms with van der Waals surface area (Å²) in [5.74, 6) is 3.29. The van der Waals surface area contributed by atoms with Gasteiger partial charge in [-0.1, -0.05) is 47.1 Å². The van der Waals surface area contributed by atoms with Gasteiger partial charge in [0, 0.05) is 5.92 Å². The second-order valence-electron chi connectivity index (χ2n) is 12.7. The molecule has 4 rings (SSSR count). The fourth-order valence-corrected chi connectivity index (χ4v) is 8.42. The maximum absolute atomic E-state index is 13.4. The predicted molar refractivity (Wildman–Crippen MR) is 125 cm³/mol. The van der Waals surface area contributed by atoms with Gasteiger partial charge in [0.1, 0.15) is 0 Å². The van der Waals surface area contributed by atoms with Gasteiger partial charge in [-0.3, -0.25) is 4.79 Å². The van der Waals surface area contributed by atoms with Crippen LogP contribution in [0, 0.1) is 52.3 Å². The number of aliphatic hydroxyl groups is 2. The van der Waals surface area contributed by atoms with Gasteiger partial charge >= 0.3 is 0 Å². The van der Waals surface area contributed by atoms with Crippen LogP contribution < -0.4 is 0 Å². The zero-order chi connectivity index (χ0) is 22.7. The Hall–Kier alpha value is -0.670. The number of allylic oxidation sites excluding steroid dienone is 1. The van der Waals surface area contributed by atoms with Crippen molar-refractivity contribution in [2.45, 2.75) is 105 Å². The van der Waals surface area contributed by atoms with Gasteiger partial charge < -0.3 is 10.2 Å². The molecule has 4 aliphatic carbocycles. The molecule has 0 saturated heterocycles. The molecule has 3 fully saturated rings. The second-order valence-corrected chi connectivity index (χ2v) is 12.7. The lowest BCUT2D eigenvalue weighted by Gasteiger charge is -2.57. The van der Waals surface area contributed by atoms with Gasteiger partial charge in [-0.25, -0.2) is 0 Å². The van der Waals surface area contributed by atoms with E-state index in [0.29, 0.717) is 41.8 Å². The van der Waals surface area contributed by atoms with E-state index in [0.717, 1.165) is 38.5 Å². The van der Waals surface area contributed by atoms with Gasteiger partial charge in [0.15, 0.2) is 5.78 Å². The quantitative estimate of drug-likeness (QED) is 0.581. The molecule has 0 aromatic rings. The molecule has 0 bridgehead atoms. The minimum atomic E-state index is -0.274. The van der Waals surface area contributed by atoms with Crippen molar-refractivity contribution in [2.75, 3.05) is 0 Å². The van der Waals surface area contributed by atoms with E-state index in [-0.39, 0.29) is 34.9 Å². The van der Waals surface area contributed by atoms with E-state index in [2.05, 4.69) is 41.5 Å². The zero-order valence-corrected chi connectivity index (χ0v) is 20.7. The molecule has 0 aromatic heterocycles. The highest BCUT2D eigenvalue weighted by Crippen LogP contribution is 2.66. The maximum atomic E-state index is 13.4. The van der Waals surface area contributed by atoms with Crippen molar-refractivity contribution in [1.82, 2.24) is 0 Å². The van der Waals surface area contributed by atoms with Crippen LogP contribution in [0.15, 0.2) is 11.6 Å². The van der Waals surface area contributed by atoms with Crippen LogP contribution in [-0.4, -0.2) is 28.2 Å². The largest absolute Gasteiger partial charge is 0.393 e. The van der Waals surface area contributed by atoms with Crippen LogP contribution in [0.5, 0.6) is 0 Å². The standard InChI is InChI=1S/C28H46O3/c1-16(2)17(3)13-24(30)18(4)21-7-8-22-26-23(10-12-28(21,22)6)27(5)11-9-20(29)14-19(27)15-25(26)31/h15-18,20-24,26,29-30H,7-14H2,1-6H3/t17-,18-,20-,21+,22-,23-,24+,26-,27-,28+/m0/s1. The van der Waals surface area contributed by atoms with Crippen LogP contribution in [-0.2, 0) is 4.79 Å². The van der Waals surface area contributed by atoms with Gasteiger partial charge in [-0.05, 0) is 104 Å². The number of aliphatic hydroxyl groups excluding tert-OH is 2. The third-order valence-electron chi connectivity index (χ3n) is 11.0. The molecule has 10 atom stereocenters. The molecule has 31 heavy (non-hydrogen) atoms. The number of hydrogen-bond donors (Lipinski definition) is 2. The van der Waals surface area contributed by atoms with Gasteiger partial charge in [0.2, 0.25) is 0 Å². The van der Waals surface area contributed by atoms with E-state index in [1.165, 1.54) is 12.0 Å². The molecule has 2 N–H and O–H groups in total. The van der Waals surface area contributed by atoms with Crippen LogP contribution in [0.3, 0.4) is 0 Å². The lowest BCUT2D eigenvalue weighted by atomic mass is 9.46. The third kappa shape index (κ3) is 3.76. The van der Waals surface area contributed by atoms with Crippen molar-refractivity contribution in [1.29, 1.82) is 0 Å². The predicted octanol–water partition coefficient (Wildman–Crippen LogP) is 5.78. The Morgan fingerprint density at radius 2 is 1.74 bits per heavy atom. The molecule has 4 aliphatic rings. The molecule has 0 spiro atoms. The minimum Gasteiger partial charge on any atom is -0.393 e.